The van der Waals surface area contributed by atoms with Crippen molar-refractivity contribution < 1.29 is 0 Å². The van der Waals surface area contributed by atoms with E-state index in [0.29, 0.717) is 0 Å². The molecule has 0 spiro atoms. The molecule has 0 bridgehead atoms. The summed E-state index contributed by atoms with van der Waals surface area (Å²) in [5.41, 5.74) is 0. The lowest BCUT2D eigenvalue weighted by Gasteiger charge is -2.10. The molecule has 0 heteroatoms. The predicted octanol–water partition coefficient (Wildman–Crippen LogP) is 10.6. The molecule has 164 valence electrons. The molecule has 0 rings (SSSR count). The van der Waals surface area contributed by atoms with Crippen molar-refractivity contribution >= 4 is 0 Å². The summed E-state index contributed by atoms with van der Waals surface area (Å²) in [4.78, 5) is 0. The first kappa shape index (κ1) is 44.4. The van der Waals surface area contributed by atoms with E-state index in [9.17, 15) is 0 Å². The molecule has 0 heterocycles. The van der Waals surface area contributed by atoms with Gasteiger partial charge in [0.25, 0.3) is 0 Å². The van der Waals surface area contributed by atoms with Crippen molar-refractivity contribution in [3.8, 4) is 0 Å². The number of hydrogen-bond acceptors (Lipinski definition) is 0. The van der Waals surface area contributed by atoms with E-state index in [1.165, 1.54) is 19.3 Å². The Kier molecular flexibility index (Phi) is 51.2. The second-order valence-corrected chi connectivity index (χ2v) is 7.89. The van der Waals surface area contributed by atoms with Crippen LogP contribution in [0.25, 0.3) is 0 Å². The van der Waals surface area contributed by atoms with Crippen molar-refractivity contribution in [2.45, 2.75) is 132 Å². The summed E-state index contributed by atoms with van der Waals surface area (Å²) in [5, 5.41) is 0. The summed E-state index contributed by atoms with van der Waals surface area (Å²) in [5.74, 6) is 5.31. The summed E-state index contributed by atoms with van der Waals surface area (Å²) in [6.45, 7) is 27.2. The minimum Gasteiger partial charge on any atom is -0.0776 e. The summed E-state index contributed by atoms with van der Waals surface area (Å²) < 4.78 is 0. The van der Waals surface area contributed by atoms with E-state index < -0.39 is 0 Å². The maximum absolute atomic E-state index is 2.30. The molecule has 0 amide bonds. The number of hydrogen-bond donors (Lipinski definition) is 0. The average Bonchev–Trinajstić information content (AvgIpc) is 2.45. The van der Waals surface area contributed by atoms with Crippen molar-refractivity contribution in [3.05, 3.63) is 0 Å². The summed E-state index contributed by atoms with van der Waals surface area (Å²) in [6, 6.07) is 0. The van der Waals surface area contributed by atoms with Crippen LogP contribution in [0.3, 0.4) is 0 Å². The Labute approximate surface area is 168 Å². The molecule has 0 radical (unpaired) electrons. The molecule has 0 saturated carbocycles. The fraction of sp³-hybridized carbons (Fsp3) is 1.00. The maximum atomic E-state index is 2.30. The zero-order chi connectivity index (χ0) is 17.6. The Bertz CT molecular complexity index is 145. The normalized spacial score (nSPS) is 12.6. The van der Waals surface area contributed by atoms with Gasteiger partial charge in [-0.3, -0.25) is 0 Å². The highest BCUT2D eigenvalue weighted by atomic mass is 14.1. The predicted molar refractivity (Wildman–Crippen MR) is 130 cm³/mol. The lowest BCUT2D eigenvalue weighted by atomic mass is 9.96. The topological polar surface area (TPSA) is 0 Å². The Morgan fingerprint density at radius 3 is 0.480 bits per heavy atom. The van der Waals surface area contributed by atoms with E-state index in [0.717, 1.165) is 35.5 Å². The molecule has 0 N–H and O–H groups in total. The molecule has 1 unspecified atom stereocenters. The highest BCUT2D eigenvalue weighted by Gasteiger charge is 2.02. The van der Waals surface area contributed by atoms with E-state index in [4.69, 9.17) is 0 Å². The zero-order valence-corrected chi connectivity index (χ0v) is 17.6. The van der Waals surface area contributed by atoms with E-state index in [2.05, 4.69) is 83.1 Å². The zero-order valence-electron chi connectivity index (χ0n) is 17.6. The van der Waals surface area contributed by atoms with Crippen LogP contribution in [0.2, 0.25) is 0 Å². The Morgan fingerprint density at radius 1 is 0.360 bits per heavy atom. The van der Waals surface area contributed by atoms with Crippen molar-refractivity contribution in [1.82, 2.24) is 0 Å². The molecule has 0 fully saturated rings. The van der Waals surface area contributed by atoms with Crippen LogP contribution in [-0.2, 0) is 0 Å². The van der Waals surface area contributed by atoms with Crippen LogP contribution in [0.15, 0.2) is 0 Å². The van der Waals surface area contributed by atoms with Crippen LogP contribution in [0, 0.1) is 35.5 Å². The highest BCUT2D eigenvalue weighted by Crippen LogP contribution is 2.13. The fourth-order valence-electron chi connectivity index (χ4n) is 1.41. The molecule has 0 aliphatic heterocycles. The van der Waals surface area contributed by atoms with Crippen molar-refractivity contribution in [2.24, 2.45) is 35.5 Å². The highest BCUT2D eigenvalue weighted by molar-refractivity contribution is 4.53. The largest absolute Gasteiger partial charge is 0.0776 e. The molecule has 0 aliphatic rings. The SMILES string of the molecule is C.C.C.C.CCC(C)C(C)C.CC[C@@H](C)C(C)C.CC[C@H](C)C(C)C. The lowest BCUT2D eigenvalue weighted by Crippen LogP contribution is -2.00. The van der Waals surface area contributed by atoms with Crippen LogP contribution >= 0.6 is 0 Å². The lowest BCUT2D eigenvalue weighted by molar-refractivity contribution is 0.407. The van der Waals surface area contributed by atoms with Gasteiger partial charge < -0.3 is 0 Å². The van der Waals surface area contributed by atoms with Gasteiger partial charge in [-0.1, -0.05) is 132 Å². The van der Waals surface area contributed by atoms with E-state index >= 15 is 0 Å². The molecule has 3 atom stereocenters. The monoisotopic (exact) mass is 365 g/mol. The number of rotatable bonds is 6. The van der Waals surface area contributed by atoms with Gasteiger partial charge in [0.05, 0.1) is 0 Å². The van der Waals surface area contributed by atoms with Gasteiger partial charge in [-0.25, -0.2) is 0 Å². The second kappa shape index (κ2) is 28.8. The van der Waals surface area contributed by atoms with Gasteiger partial charge in [0, 0.05) is 0 Å². The van der Waals surface area contributed by atoms with Gasteiger partial charge in [-0.05, 0) is 35.5 Å². The van der Waals surface area contributed by atoms with Gasteiger partial charge in [-0.15, -0.1) is 0 Å². The van der Waals surface area contributed by atoms with E-state index in [1.807, 2.05) is 0 Å². The van der Waals surface area contributed by atoms with E-state index in [-0.39, 0.29) is 29.7 Å². The standard InChI is InChI=1S/3C7H16.4CH4/c3*1-5-7(4)6(2)3;;;;/h3*6-7H,5H2,1-4H3;4*1H4/t2*7-;;;;;/m10...../s1. The molecule has 0 aliphatic carbocycles. The van der Waals surface area contributed by atoms with Crippen molar-refractivity contribution in [2.75, 3.05) is 0 Å². The van der Waals surface area contributed by atoms with Crippen LogP contribution < -0.4 is 0 Å². The first-order chi connectivity index (χ1) is 9.54. The molecule has 0 aromatic rings. The Hall–Kier alpha value is 0. The van der Waals surface area contributed by atoms with Crippen LogP contribution in [0.1, 0.15) is 132 Å². The van der Waals surface area contributed by atoms with Crippen molar-refractivity contribution in [1.29, 1.82) is 0 Å². The summed E-state index contributed by atoms with van der Waals surface area (Å²) in [7, 11) is 0. The van der Waals surface area contributed by atoms with Gasteiger partial charge >= 0.3 is 0 Å². The summed E-state index contributed by atoms with van der Waals surface area (Å²) in [6.07, 6.45) is 3.95. The molecular weight excluding hydrogens is 300 g/mol. The average molecular weight is 365 g/mol. The second-order valence-electron chi connectivity index (χ2n) is 7.89. The van der Waals surface area contributed by atoms with Gasteiger partial charge in [0.2, 0.25) is 0 Å². The molecule has 0 aromatic heterocycles. The fourth-order valence-corrected chi connectivity index (χ4v) is 1.41. The molecule has 0 nitrogen and oxygen atoms in total. The van der Waals surface area contributed by atoms with E-state index in [1.54, 1.807) is 0 Å². The van der Waals surface area contributed by atoms with Gasteiger partial charge in [0.15, 0.2) is 0 Å². The third kappa shape index (κ3) is 35.9. The van der Waals surface area contributed by atoms with Crippen molar-refractivity contribution in [3.63, 3.8) is 0 Å². The minimum absolute atomic E-state index is 0. The molecule has 0 saturated heterocycles. The van der Waals surface area contributed by atoms with Crippen LogP contribution in [-0.4, -0.2) is 0 Å². The van der Waals surface area contributed by atoms with Crippen LogP contribution in [0.4, 0.5) is 0 Å². The first-order valence-corrected chi connectivity index (χ1v) is 9.54. The Balaban J connectivity index is -0.0000000360. The molecule has 0 aromatic carbocycles. The Morgan fingerprint density at radius 2 is 0.480 bits per heavy atom. The quantitative estimate of drug-likeness (QED) is 0.439. The molecule has 25 heavy (non-hydrogen) atoms. The van der Waals surface area contributed by atoms with Gasteiger partial charge in [0.1, 0.15) is 0 Å². The smallest absolute Gasteiger partial charge is 0.0422 e. The first-order valence-electron chi connectivity index (χ1n) is 9.54. The third-order valence-corrected chi connectivity index (χ3v) is 5.35. The van der Waals surface area contributed by atoms with Crippen LogP contribution in [0.5, 0.6) is 0 Å². The minimum atomic E-state index is 0. The summed E-state index contributed by atoms with van der Waals surface area (Å²) >= 11 is 0. The molecular formula is C25H64. The van der Waals surface area contributed by atoms with Gasteiger partial charge in [-0.2, -0.15) is 0 Å². The third-order valence-electron chi connectivity index (χ3n) is 5.35. The maximum Gasteiger partial charge on any atom is -0.0422 e.